The number of hydrogen-bond donors (Lipinski definition) is 0. The van der Waals surface area contributed by atoms with E-state index in [1.807, 2.05) is 12.1 Å². The number of ether oxygens (including phenoxy) is 2. The van der Waals surface area contributed by atoms with Gasteiger partial charge in [-0.2, -0.15) is 20.3 Å². The maximum atomic E-state index is 8.74. The van der Waals surface area contributed by atoms with Gasteiger partial charge in [-0.15, -0.1) is 0 Å². The zero-order valence-corrected chi connectivity index (χ0v) is 9.91. The summed E-state index contributed by atoms with van der Waals surface area (Å²) in [5, 5.41) is 17.5. The van der Waals surface area contributed by atoms with Crippen LogP contribution in [0.1, 0.15) is 26.7 Å². The standard InChI is InChI=1S/C10H12N2O6/c1-9(5-11)13-7(15-17-9)3-4-8-14-10(2,6-12)18-16-8/h7-8H,3-4H2,1-2H3. The lowest BCUT2D eigenvalue weighted by atomic mass is 10.3. The Labute approximate surface area is 103 Å². The normalized spacial score (nSPS) is 43.6. The quantitative estimate of drug-likeness (QED) is 0.685. The van der Waals surface area contributed by atoms with Crippen LogP contribution in [0, 0.1) is 22.7 Å². The second-order valence-corrected chi connectivity index (χ2v) is 4.15. The number of nitrogens with zero attached hydrogens (tertiary/aromatic N) is 2. The zero-order chi connectivity index (χ0) is 13.2. The highest BCUT2D eigenvalue weighted by Crippen LogP contribution is 2.30. The summed E-state index contributed by atoms with van der Waals surface area (Å²) in [6.07, 6.45) is -0.633. The highest BCUT2D eigenvalue weighted by atomic mass is 17.3. The van der Waals surface area contributed by atoms with Gasteiger partial charge in [-0.25, -0.2) is 9.78 Å². The average molecular weight is 256 g/mol. The fourth-order valence-corrected chi connectivity index (χ4v) is 1.45. The molecule has 2 rings (SSSR count). The smallest absolute Gasteiger partial charge is 0.288 e. The molecule has 2 saturated heterocycles. The second kappa shape index (κ2) is 4.78. The molecule has 0 aliphatic carbocycles. The van der Waals surface area contributed by atoms with E-state index < -0.39 is 24.2 Å². The van der Waals surface area contributed by atoms with Crippen molar-refractivity contribution in [3.8, 4) is 12.1 Å². The van der Waals surface area contributed by atoms with Gasteiger partial charge in [0.25, 0.3) is 11.6 Å². The number of hydrogen-bond acceptors (Lipinski definition) is 8. The minimum absolute atomic E-state index is 0.368. The van der Waals surface area contributed by atoms with Gasteiger partial charge in [0, 0.05) is 26.7 Å². The fraction of sp³-hybridized carbons (Fsp3) is 0.800. The summed E-state index contributed by atoms with van der Waals surface area (Å²) in [7, 11) is 0. The minimum atomic E-state index is -1.39. The Bertz CT molecular complexity index is 366. The summed E-state index contributed by atoms with van der Waals surface area (Å²) in [6.45, 7) is 2.90. The number of rotatable bonds is 3. The Kier molecular flexibility index (Phi) is 3.50. The molecule has 0 saturated carbocycles. The van der Waals surface area contributed by atoms with E-state index in [9.17, 15) is 0 Å². The van der Waals surface area contributed by atoms with E-state index in [1.54, 1.807) is 0 Å². The van der Waals surface area contributed by atoms with Gasteiger partial charge in [-0.3, -0.25) is 0 Å². The molecule has 0 aromatic heterocycles. The molecule has 4 unspecified atom stereocenters. The first kappa shape index (κ1) is 13.2. The molecule has 0 amide bonds. The molecule has 0 N–H and O–H groups in total. The molecular formula is C10H12N2O6. The lowest BCUT2D eigenvalue weighted by Crippen LogP contribution is -2.25. The third kappa shape index (κ3) is 2.76. The molecule has 2 aliphatic heterocycles. The first-order valence-electron chi connectivity index (χ1n) is 5.36. The van der Waals surface area contributed by atoms with Gasteiger partial charge in [0.2, 0.25) is 0 Å². The predicted octanol–water partition coefficient (Wildman–Crippen LogP) is 0.855. The van der Waals surface area contributed by atoms with E-state index in [2.05, 4.69) is 0 Å². The Hall–Kier alpha value is -1.26. The van der Waals surface area contributed by atoms with Gasteiger partial charge in [-0.1, -0.05) is 0 Å². The second-order valence-electron chi connectivity index (χ2n) is 4.15. The molecule has 4 atom stereocenters. The zero-order valence-electron chi connectivity index (χ0n) is 9.91. The Morgan fingerprint density at radius 1 is 0.889 bits per heavy atom. The molecule has 0 aromatic carbocycles. The summed E-state index contributed by atoms with van der Waals surface area (Å²) < 4.78 is 10.4. The van der Waals surface area contributed by atoms with Gasteiger partial charge >= 0.3 is 0 Å². The van der Waals surface area contributed by atoms with Gasteiger partial charge < -0.3 is 9.47 Å². The van der Waals surface area contributed by atoms with E-state index in [0.29, 0.717) is 12.8 Å². The topological polar surface area (TPSA) is 103 Å². The molecule has 0 spiro atoms. The highest BCUT2D eigenvalue weighted by Gasteiger charge is 2.43. The summed E-state index contributed by atoms with van der Waals surface area (Å²) in [5.74, 6) is -2.78. The van der Waals surface area contributed by atoms with Crippen LogP contribution >= 0.6 is 0 Å². The number of nitriles is 2. The van der Waals surface area contributed by atoms with Crippen LogP contribution in [-0.2, 0) is 29.0 Å². The van der Waals surface area contributed by atoms with Crippen molar-refractivity contribution in [2.45, 2.75) is 50.8 Å². The van der Waals surface area contributed by atoms with Crippen molar-refractivity contribution >= 4 is 0 Å². The first-order valence-corrected chi connectivity index (χ1v) is 5.36. The largest absolute Gasteiger partial charge is 0.303 e. The third-order valence-corrected chi connectivity index (χ3v) is 2.39. The summed E-state index contributed by atoms with van der Waals surface area (Å²) >= 11 is 0. The van der Waals surface area contributed by atoms with Crippen molar-refractivity contribution in [2.75, 3.05) is 0 Å². The lowest BCUT2D eigenvalue weighted by molar-refractivity contribution is -0.319. The van der Waals surface area contributed by atoms with Gasteiger partial charge in [-0.05, 0) is 0 Å². The van der Waals surface area contributed by atoms with Crippen LogP contribution in [0.25, 0.3) is 0 Å². The van der Waals surface area contributed by atoms with Crippen LogP contribution < -0.4 is 0 Å². The van der Waals surface area contributed by atoms with Gasteiger partial charge in [0.1, 0.15) is 12.1 Å². The van der Waals surface area contributed by atoms with Crippen molar-refractivity contribution in [1.82, 2.24) is 0 Å². The van der Waals surface area contributed by atoms with Crippen LogP contribution in [0.2, 0.25) is 0 Å². The van der Waals surface area contributed by atoms with Crippen molar-refractivity contribution in [3.63, 3.8) is 0 Å². The Morgan fingerprint density at radius 3 is 1.56 bits per heavy atom. The monoisotopic (exact) mass is 256 g/mol. The Morgan fingerprint density at radius 2 is 1.28 bits per heavy atom. The fourth-order valence-electron chi connectivity index (χ4n) is 1.45. The third-order valence-electron chi connectivity index (χ3n) is 2.39. The van der Waals surface area contributed by atoms with Crippen LogP contribution in [0.3, 0.4) is 0 Å². The molecule has 98 valence electrons. The molecule has 2 aliphatic rings. The average Bonchev–Trinajstić information content (AvgIpc) is 2.93. The molecule has 8 heteroatoms. The molecule has 0 radical (unpaired) electrons. The highest BCUT2D eigenvalue weighted by molar-refractivity contribution is 4.92. The van der Waals surface area contributed by atoms with E-state index >= 15 is 0 Å². The van der Waals surface area contributed by atoms with Crippen LogP contribution in [0.4, 0.5) is 0 Å². The van der Waals surface area contributed by atoms with Gasteiger partial charge in [0.15, 0.2) is 12.6 Å². The predicted molar refractivity (Wildman–Crippen MR) is 51.4 cm³/mol. The first-order chi connectivity index (χ1) is 8.49. The van der Waals surface area contributed by atoms with E-state index in [4.69, 9.17) is 39.5 Å². The molecule has 8 nitrogen and oxygen atoms in total. The van der Waals surface area contributed by atoms with Crippen LogP contribution in [0.5, 0.6) is 0 Å². The molecule has 0 aromatic rings. The van der Waals surface area contributed by atoms with Crippen LogP contribution in [-0.4, -0.2) is 24.2 Å². The van der Waals surface area contributed by atoms with Gasteiger partial charge in [0.05, 0.1) is 0 Å². The van der Waals surface area contributed by atoms with Crippen molar-refractivity contribution in [3.05, 3.63) is 0 Å². The minimum Gasteiger partial charge on any atom is -0.303 e. The lowest BCUT2D eigenvalue weighted by Gasteiger charge is -2.12. The summed E-state index contributed by atoms with van der Waals surface area (Å²) in [4.78, 5) is 19.1. The molecule has 2 heterocycles. The van der Waals surface area contributed by atoms with Crippen molar-refractivity contribution in [2.24, 2.45) is 0 Å². The van der Waals surface area contributed by atoms with E-state index in [1.165, 1.54) is 13.8 Å². The maximum absolute atomic E-state index is 8.74. The molecule has 0 bridgehead atoms. The molecule has 18 heavy (non-hydrogen) atoms. The summed E-state index contributed by atoms with van der Waals surface area (Å²) in [5.41, 5.74) is 0. The SMILES string of the molecule is CC1(C#N)OOC(CCC2OOC(C)(C#N)O2)O1. The van der Waals surface area contributed by atoms with E-state index in [0.717, 1.165) is 0 Å². The maximum Gasteiger partial charge on any atom is 0.288 e. The molecule has 2 fully saturated rings. The van der Waals surface area contributed by atoms with E-state index in [-0.39, 0.29) is 0 Å². The molecular weight excluding hydrogens is 244 g/mol. The summed E-state index contributed by atoms with van der Waals surface area (Å²) in [6, 6.07) is 3.64. The van der Waals surface area contributed by atoms with Crippen molar-refractivity contribution < 1.29 is 29.0 Å². The van der Waals surface area contributed by atoms with Crippen molar-refractivity contribution in [1.29, 1.82) is 10.5 Å². The Balaban J connectivity index is 1.75. The van der Waals surface area contributed by atoms with Crippen LogP contribution in [0.15, 0.2) is 0 Å².